The molecule has 1 aliphatic rings. The lowest BCUT2D eigenvalue weighted by Crippen LogP contribution is -2.54. The Labute approximate surface area is 190 Å². The van der Waals surface area contributed by atoms with E-state index in [0.717, 1.165) is 18.8 Å². The van der Waals surface area contributed by atoms with Gasteiger partial charge in [0.15, 0.2) is 17.0 Å². The zero-order valence-electron chi connectivity index (χ0n) is 18.9. The highest BCUT2D eigenvalue weighted by atomic mass is 16.5. The van der Waals surface area contributed by atoms with Crippen molar-refractivity contribution < 1.29 is 13.9 Å². The highest BCUT2D eigenvalue weighted by molar-refractivity contribution is 6.13. The van der Waals surface area contributed by atoms with Crippen molar-refractivity contribution in [1.82, 2.24) is 25.3 Å². The molecular weight excluding hydrogens is 422 g/mol. The fourth-order valence-electron chi connectivity index (χ4n) is 4.41. The summed E-state index contributed by atoms with van der Waals surface area (Å²) in [5, 5.41) is 6.37. The molecule has 0 radical (unpaired) electrons. The number of methoxy groups -OCH3 is 1. The first-order chi connectivity index (χ1) is 15.9. The van der Waals surface area contributed by atoms with E-state index < -0.39 is 0 Å². The number of ether oxygens (including phenoxy) is 1. The minimum atomic E-state index is -0.348. The summed E-state index contributed by atoms with van der Waals surface area (Å²) in [7, 11) is 1.50. The van der Waals surface area contributed by atoms with Gasteiger partial charge in [-0.2, -0.15) is 4.98 Å². The lowest BCUT2D eigenvalue weighted by molar-refractivity contribution is 0.102. The van der Waals surface area contributed by atoms with Crippen LogP contribution < -0.4 is 20.3 Å². The molecule has 1 aliphatic heterocycles. The van der Waals surface area contributed by atoms with E-state index in [1.807, 2.05) is 6.07 Å². The monoisotopic (exact) mass is 447 g/mol. The van der Waals surface area contributed by atoms with Gasteiger partial charge < -0.3 is 24.7 Å². The zero-order valence-corrected chi connectivity index (χ0v) is 18.9. The van der Waals surface area contributed by atoms with Gasteiger partial charge in [0.05, 0.1) is 18.4 Å². The quantitative estimate of drug-likeness (QED) is 0.487. The van der Waals surface area contributed by atoms with Gasteiger partial charge in [0, 0.05) is 50.6 Å². The van der Waals surface area contributed by atoms with Crippen LogP contribution in [0.1, 0.15) is 30.1 Å². The van der Waals surface area contributed by atoms with Gasteiger partial charge in [0.2, 0.25) is 5.88 Å². The Morgan fingerprint density at radius 3 is 2.58 bits per heavy atom. The Hall–Kier alpha value is -3.79. The molecule has 0 unspecified atom stereocenters. The van der Waals surface area contributed by atoms with Crippen molar-refractivity contribution in [2.45, 2.75) is 32.9 Å². The van der Waals surface area contributed by atoms with Crippen molar-refractivity contribution in [3.05, 3.63) is 42.0 Å². The molecule has 170 valence electrons. The largest absolute Gasteiger partial charge is 0.479 e. The Morgan fingerprint density at radius 2 is 1.85 bits per heavy atom. The van der Waals surface area contributed by atoms with Crippen LogP contribution >= 0.6 is 0 Å². The smallest absolute Gasteiger partial charge is 0.259 e. The van der Waals surface area contributed by atoms with Crippen LogP contribution in [0.25, 0.3) is 22.1 Å². The van der Waals surface area contributed by atoms with Gasteiger partial charge in [-0.15, -0.1) is 0 Å². The van der Waals surface area contributed by atoms with E-state index in [0.29, 0.717) is 51.5 Å². The van der Waals surface area contributed by atoms with E-state index in [1.54, 1.807) is 31.5 Å². The van der Waals surface area contributed by atoms with Crippen molar-refractivity contribution >= 4 is 39.5 Å². The van der Waals surface area contributed by atoms with E-state index >= 15 is 0 Å². The molecule has 33 heavy (non-hydrogen) atoms. The van der Waals surface area contributed by atoms with E-state index in [4.69, 9.17) is 9.15 Å². The summed E-state index contributed by atoms with van der Waals surface area (Å²) in [5.74, 6) is 0.717. The average Bonchev–Trinajstić information content (AvgIpc) is 3.17. The summed E-state index contributed by atoms with van der Waals surface area (Å²) < 4.78 is 10.9. The van der Waals surface area contributed by atoms with Gasteiger partial charge in [-0.3, -0.25) is 14.8 Å². The highest BCUT2D eigenvalue weighted by Gasteiger charge is 2.25. The summed E-state index contributed by atoms with van der Waals surface area (Å²) in [4.78, 5) is 33.2. The van der Waals surface area contributed by atoms with Crippen molar-refractivity contribution in [3.8, 4) is 5.88 Å². The first-order valence-electron chi connectivity index (χ1n) is 10.8. The van der Waals surface area contributed by atoms with Gasteiger partial charge in [0.1, 0.15) is 16.9 Å². The van der Waals surface area contributed by atoms with Gasteiger partial charge in [-0.25, -0.2) is 4.98 Å². The van der Waals surface area contributed by atoms with Crippen LogP contribution in [0.15, 0.2) is 35.0 Å². The van der Waals surface area contributed by atoms with Crippen LogP contribution in [0.5, 0.6) is 5.88 Å². The maximum atomic E-state index is 13.2. The third kappa shape index (κ3) is 3.93. The van der Waals surface area contributed by atoms with Gasteiger partial charge in [-0.1, -0.05) is 0 Å². The zero-order chi connectivity index (χ0) is 23.1. The molecule has 0 saturated carbocycles. The van der Waals surface area contributed by atoms with Gasteiger partial charge in [0.25, 0.3) is 5.91 Å². The molecule has 10 heteroatoms. The molecule has 1 saturated heterocycles. The fourth-order valence-corrected chi connectivity index (χ4v) is 4.41. The minimum absolute atomic E-state index is 0.279. The van der Waals surface area contributed by atoms with Gasteiger partial charge in [-0.05, 0) is 26.0 Å². The van der Waals surface area contributed by atoms with Crippen LogP contribution in [0.2, 0.25) is 0 Å². The molecule has 1 fully saturated rings. The standard InChI is InChI=1S/C23H25N7O3/c1-12-10-30(11-13(2)26-12)16-6-5-15(19-20(16)25-8-7-24-19)22(31)28-18-9-17-21(23(29-18)32-4)27-14(3)33-17/h5-9,12-13,26H,10-11H2,1-4H3,(H,28,29,31)/t12-,13-/m0/s1. The molecule has 0 aliphatic carbocycles. The average molecular weight is 447 g/mol. The Bertz CT molecular complexity index is 1340. The summed E-state index contributed by atoms with van der Waals surface area (Å²) in [5.41, 5.74) is 3.60. The minimum Gasteiger partial charge on any atom is -0.479 e. The van der Waals surface area contributed by atoms with Crippen LogP contribution in [0, 0.1) is 6.92 Å². The van der Waals surface area contributed by atoms with Gasteiger partial charge >= 0.3 is 0 Å². The first kappa shape index (κ1) is 21.1. The van der Waals surface area contributed by atoms with E-state index in [2.05, 4.69) is 49.3 Å². The van der Waals surface area contributed by atoms with Crippen molar-refractivity contribution in [1.29, 1.82) is 0 Å². The Kier molecular flexibility index (Phi) is 5.29. The van der Waals surface area contributed by atoms with E-state index in [1.165, 1.54) is 7.11 Å². The molecule has 3 aromatic heterocycles. The summed E-state index contributed by atoms with van der Waals surface area (Å²) >= 11 is 0. The SMILES string of the molecule is COc1nc(NC(=O)c2ccc(N3C[C@H](C)N[C@@H](C)C3)c3nccnc23)cc2oc(C)nc12. The molecule has 4 heterocycles. The molecule has 10 nitrogen and oxygen atoms in total. The predicted octanol–water partition coefficient (Wildman–Crippen LogP) is 2.92. The maximum absolute atomic E-state index is 13.2. The summed E-state index contributed by atoms with van der Waals surface area (Å²) in [6.07, 6.45) is 3.24. The van der Waals surface area contributed by atoms with E-state index in [-0.39, 0.29) is 11.8 Å². The number of aromatic nitrogens is 4. The lowest BCUT2D eigenvalue weighted by atomic mass is 10.1. The molecule has 2 atom stereocenters. The molecule has 4 aromatic rings. The van der Waals surface area contributed by atoms with E-state index in [9.17, 15) is 4.79 Å². The second-order valence-corrected chi connectivity index (χ2v) is 8.31. The lowest BCUT2D eigenvalue weighted by Gasteiger charge is -2.38. The topological polar surface area (TPSA) is 118 Å². The number of carbonyl (C=O) groups is 1. The maximum Gasteiger partial charge on any atom is 0.259 e. The molecular formula is C23H25N7O3. The van der Waals surface area contributed by atoms with Crippen LogP contribution in [-0.4, -0.2) is 58.1 Å². The number of oxazole rings is 1. The molecule has 1 amide bonds. The number of hydrogen-bond acceptors (Lipinski definition) is 9. The van der Waals surface area contributed by atoms with Crippen LogP contribution in [0.4, 0.5) is 11.5 Å². The molecule has 5 rings (SSSR count). The number of hydrogen-bond donors (Lipinski definition) is 2. The number of carbonyl (C=O) groups excluding carboxylic acids is 1. The molecule has 2 N–H and O–H groups in total. The number of fused-ring (bicyclic) bond motifs is 2. The molecule has 1 aromatic carbocycles. The third-order valence-electron chi connectivity index (χ3n) is 5.63. The summed E-state index contributed by atoms with van der Waals surface area (Å²) in [6.45, 7) is 7.76. The second kappa shape index (κ2) is 8.28. The number of amides is 1. The summed E-state index contributed by atoms with van der Waals surface area (Å²) in [6, 6.07) is 6.04. The normalized spacial score (nSPS) is 18.6. The second-order valence-electron chi connectivity index (χ2n) is 8.31. The first-order valence-corrected chi connectivity index (χ1v) is 10.8. The van der Waals surface area contributed by atoms with Crippen molar-refractivity contribution in [2.75, 3.05) is 30.4 Å². The van der Waals surface area contributed by atoms with Crippen LogP contribution in [-0.2, 0) is 0 Å². The number of piperazine rings is 1. The van der Waals surface area contributed by atoms with Crippen LogP contribution in [0.3, 0.4) is 0 Å². The molecule has 0 bridgehead atoms. The number of nitrogens with zero attached hydrogens (tertiary/aromatic N) is 5. The number of benzene rings is 1. The predicted molar refractivity (Wildman–Crippen MR) is 125 cm³/mol. The van der Waals surface area contributed by atoms with Crippen molar-refractivity contribution in [2.24, 2.45) is 0 Å². The molecule has 0 spiro atoms. The highest BCUT2D eigenvalue weighted by Crippen LogP contribution is 2.30. The fraction of sp³-hybridized carbons (Fsp3) is 0.348. The van der Waals surface area contributed by atoms with Crippen molar-refractivity contribution in [3.63, 3.8) is 0 Å². The number of anilines is 2. The number of aryl methyl sites for hydroxylation is 1. The number of nitrogens with one attached hydrogen (secondary N) is 2. The Balaban J connectivity index is 1.50. The third-order valence-corrected chi connectivity index (χ3v) is 5.63. The number of pyridine rings is 1. The Morgan fingerprint density at radius 1 is 1.12 bits per heavy atom. The number of rotatable bonds is 4.